The fourth-order valence-corrected chi connectivity index (χ4v) is 2.96. The summed E-state index contributed by atoms with van der Waals surface area (Å²) in [5.41, 5.74) is 5.42. The molecule has 2 aliphatic rings. The van der Waals surface area contributed by atoms with Gasteiger partial charge < -0.3 is 16.4 Å². The number of carbonyl (C=O) groups is 1. The molecule has 0 saturated carbocycles. The van der Waals surface area contributed by atoms with Gasteiger partial charge in [-0.25, -0.2) is 0 Å². The smallest absolute Gasteiger partial charge is 0.237 e. The van der Waals surface area contributed by atoms with E-state index in [0.29, 0.717) is 19.1 Å². The van der Waals surface area contributed by atoms with Gasteiger partial charge in [0.2, 0.25) is 5.91 Å². The molecule has 5 nitrogen and oxygen atoms in total. The Balaban J connectivity index is 1.89. The second kappa shape index (κ2) is 6.33. The molecule has 4 N–H and O–H groups in total. The van der Waals surface area contributed by atoms with Crippen LogP contribution in [0, 0.1) is 0 Å². The van der Waals surface area contributed by atoms with Crippen LogP contribution in [0.4, 0.5) is 0 Å². The lowest BCUT2D eigenvalue weighted by Crippen LogP contribution is -2.51. The van der Waals surface area contributed by atoms with Crippen molar-refractivity contribution in [2.24, 2.45) is 5.73 Å². The highest BCUT2D eigenvalue weighted by atomic mass is 16.2. The Kier molecular flexibility index (Phi) is 4.76. The minimum absolute atomic E-state index is 0.0876. The molecule has 2 fully saturated rings. The van der Waals surface area contributed by atoms with Crippen molar-refractivity contribution in [3.8, 4) is 0 Å². The van der Waals surface area contributed by atoms with E-state index in [9.17, 15) is 4.79 Å². The van der Waals surface area contributed by atoms with Crippen LogP contribution < -0.4 is 16.4 Å². The van der Waals surface area contributed by atoms with Gasteiger partial charge in [0, 0.05) is 19.1 Å². The Morgan fingerprint density at radius 3 is 2.82 bits per heavy atom. The first-order valence-electron chi connectivity index (χ1n) is 6.77. The first-order chi connectivity index (χ1) is 8.33. The first-order valence-corrected chi connectivity index (χ1v) is 6.77. The van der Waals surface area contributed by atoms with Gasteiger partial charge in [-0.3, -0.25) is 9.69 Å². The lowest BCUT2D eigenvalue weighted by atomic mass is 10.0. The molecule has 0 aromatic heterocycles. The number of piperidine rings is 1. The maximum absolute atomic E-state index is 12.0. The SMILES string of the molecule is NCCNC(=O)C1CCCN1C1CCNCC1. The van der Waals surface area contributed by atoms with Gasteiger partial charge in [-0.05, 0) is 45.3 Å². The predicted octanol–water partition coefficient (Wildman–Crippen LogP) is -0.722. The van der Waals surface area contributed by atoms with Crippen LogP contribution in [0.2, 0.25) is 0 Å². The fourth-order valence-electron chi connectivity index (χ4n) is 2.96. The van der Waals surface area contributed by atoms with Crippen LogP contribution in [0.15, 0.2) is 0 Å². The molecule has 0 spiro atoms. The zero-order valence-corrected chi connectivity index (χ0v) is 10.5. The van der Waals surface area contributed by atoms with E-state index in [1.54, 1.807) is 0 Å². The van der Waals surface area contributed by atoms with Crippen molar-refractivity contribution < 1.29 is 4.79 Å². The average Bonchev–Trinajstić information content (AvgIpc) is 2.86. The van der Waals surface area contributed by atoms with Crippen molar-refractivity contribution in [3.63, 3.8) is 0 Å². The van der Waals surface area contributed by atoms with E-state index in [0.717, 1.165) is 32.5 Å². The molecule has 0 aliphatic carbocycles. The van der Waals surface area contributed by atoms with Gasteiger partial charge in [-0.15, -0.1) is 0 Å². The zero-order valence-electron chi connectivity index (χ0n) is 10.5. The van der Waals surface area contributed by atoms with E-state index < -0.39 is 0 Å². The lowest BCUT2D eigenvalue weighted by Gasteiger charge is -2.35. The molecular formula is C12H24N4O. The zero-order chi connectivity index (χ0) is 12.1. The number of hydrogen-bond donors (Lipinski definition) is 3. The summed E-state index contributed by atoms with van der Waals surface area (Å²) >= 11 is 0. The summed E-state index contributed by atoms with van der Waals surface area (Å²) in [6.45, 7) is 4.35. The molecule has 2 aliphatic heterocycles. The molecule has 2 rings (SSSR count). The van der Waals surface area contributed by atoms with Gasteiger partial charge >= 0.3 is 0 Å². The third kappa shape index (κ3) is 3.18. The van der Waals surface area contributed by atoms with Crippen molar-refractivity contribution in [1.82, 2.24) is 15.5 Å². The van der Waals surface area contributed by atoms with Crippen molar-refractivity contribution in [1.29, 1.82) is 0 Å². The molecule has 2 saturated heterocycles. The van der Waals surface area contributed by atoms with Gasteiger partial charge in [-0.2, -0.15) is 0 Å². The van der Waals surface area contributed by atoms with E-state index in [1.165, 1.54) is 12.8 Å². The van der Waals surface area contributed by atoms with Gasteiger partial charge in [0.05, 0.1) is 6.04 Å². The number of amides is 1. The highest BCUT2D eigenvalue weighted by molar-refractivity contribution is 5.82. The van der Waals surface area contributed by atoms with Gasteiger partial charge in [0.25, 0.3) is 0 Å². The van der Waals surface area contributed by atoms with Crippen LogP contribution in [0.25, 0.3) is 0 Å². The first kappa shape index (κ1) is 12.8. The third-order valence-corrected chi connectivity index (χ3v) is 3.82. The van der Waals surface area contributed by atoms with Gasteiger partial charge in [-0.1, -0.05) is 0 Å². The quantitative estimate of drug-likeness (QED) is 0.606. The largest absolute Gasteiger partial charge is 0.353 e. The number of nitrogens with one attached hydrogen (secondary N) is 2. The van der Waals surface area contributed by atoms with Crippen LogP contribution in [-0.2, 0) is 4.79 Å². The highest BCUT2D eigenvalue weighted by Gasteiger charge is 2.35. The summed E-state index contributed by atoms with van der Waals surface area (Å²) in [5.74, 6) is 0.173. The summed E-state index contributed by atoms with van der Waals surface area (Å²) in [6.07, 6.45) is 4.48. The molecular weight excluding hydrogens is 216 g/mol. The Morgan fingerprint density at radius 1 is 1.35 bits per heavy atom. The summed E-state index contributed by atoms with van der Waals surface area (Å²) in [6, 6.07) is 0.678. The molecule has 1 unspecified atom stereocenters. The fraction of sp³-hybridized carbons (Fsp3) is 0.917. The number of likely N-dealkylation sites (tertiary alicyclic amines) is 1. The van der Waals surface area contributed by atoms with Crippen LogP contribution in [-0.4, -0.2) is 55.6 Å². The van der Waals surface area contributed by atoms with Crippen molar-refractivity contribution >= 4 is 5.91 Å². The van der Waals surface area contributed by atoms with Crippen molar-refractivity contribution in [3.05, 3.63) is 0 Å². The van der Waals surface area contributed by atoms with Crippen LogP contribution >= 0.6 is 0 Å². The number of rotatable bonds is 4. The van der Waals surface area contributed by atoms with Crippen LogP contribution in [0.1, 0.15) is 25.7 Å². The Hall–Kier alpha value is -0.650. The second-order valence-corrected chi connectivity index (χ2v) is 4.96. The van der Waals surface area contributed by atoms with E-state index in [2.05, 4.69) is 15.5 Å². The standard InChI is InChI=1S/C12H24N4O/c13-5-8-15-12(17)11-2-1-9-16(11)10-3-6-14-7-4-10/h10-11,14H,1-9,13H2,(H,15,17). The van der Waals surface area contributed by atoms with E-state index >= 15 is 0 Å². The molecule has 2 heterocycles. The minimum Gasteiger partial charge on any atom is -0.353 e. The van der Waals surface area contributed by atoms with Gasteiger partial charge in [0.1, 0.15) is 0 Å². The lowest BCUT2D eigenvalue weighted by molar-refractivity contribution is -0.126. The predicted molar refractivity (Wildman–Crippen MR) is 67.7 cm³/mol. The summed E-state index contributed by atoms with van der Waals surface area (Å²) in [4.78, 5) is 14.4. The molecule has 0 bridgehead atoms. The maximum Gasteiger partial charge on any atom is 0.237 e. The topological polar surface area (TPSA) is 70.4 Å². The normalized spacial score (nSPS) is 27.2. The summed E-state index contributed by atoms with van der Waals surface area (Å²) < 4.78 is 0. The molecule has 5 heteroatoms. The molecule has 17 heavy (non-hydrogen) atoms. The number of hydrogen-bond acceptors (Lipinski definition) is 4. The van der Waals surface area contributed by atoms with Crippen LogP contribution in [0.3, 0.4) is 0 Å². The van der Waals surface area contributed by atoms with Gasteiger partial charge in [0.15, 0.2) is 0 Å². The second-order valence-electron chi connectivity index (χ2n) is 4.96. The number of carbonyl (C=O) groups excluding carboxylic acids is 1. The third-order valence-electron chi connectivity index (χ3n) is 3.82. The number of nitrogens with zero attached hydrogens (tertiary/aromatic N) is 1. The number of nitrogens with two attached hydrogens (primary N) is 1. The molecule has 1 amide bonds. The Bertz CT molecular complexity index is 253. The van der Waals surface area contributed by atoms with Crippen LogP contribution in [0.5, 0.6) is 0 Å². The average molecular weight is 240 g/mol. The molecule has 0 radical (unpaired) electrons. The minimum atomic E-state index is 0.0876. The molecule has 0 aromatic rings. The maximum atomic E-state index is 12.0. The monoisotopic (exact) mass is 240 g/mol. The Morgan fingerprint density at radius 2 is 2.12 bits per heavy atom. The van der Waals surface area contributed by atoms with E-state index in [-0.39, 0.29) is 11.9 Å². The highest BCUT2D eigenvalue weighted by Crippen LogP contribution is 2.24. The van der Waals surface area contributed by atoms with Crippen molar-refractivity contribution in [2.75, 3.05) is 32.7 Å². The van der Waals surface area contributed by atoms with E-state index in [1.807, 2.05) is 0 Å². The summed E-state index contributed by atoms with van der Waals surface area (Å²) in [5, 5.41) is 6.29. The Labute approximate surface area is 103 Å². The molecule has 0 aromatic carbocycles. The van der Waals surface area contributed by atoms with Crippen molar-refractivity contribution in [2.45, 2.75) is 37.8 Å². The summed E-state index contributed by atoms with van der Waals surface area (Å²) in [7, 11) is 0. The molecule has 98 valence electrons. The molecule has 1 atom stereocenters. The van der Waals surface area contributed by atoms with E-state index in [4.69, 9.17) is 5.73 Å².